The number of unbranched alkanes of at least 4 members (excludes halogenated alkanes) is 2. The van der Waals surface area contributed by atoms with Crippen molar-refractivity contribution in [1.82, 2.24) is 9.97 Å². The molecule has 1 rings (SSSR count). The highest BCUT2D eigenvalue weighted by molar-refractivity contribution is 5.66. The summed E-state index contributed by atoms with van der Waals surface area (Å²) in [4.78, 5) is 17.7. The Morgan fingerprint density at radius 1 is 1.47 bits per heavy atom. The second-order valence-electron chi connectivity index (χ2n) is 3.71. The van der Waals surface area contributed by atoms with Crippen molar-refractivity contribution in [2.24, 2.45) is 0 Å². The molecule has 0 spiro atoms. The normalized spacial score (nSPS) is 10.5. The van der Waals surface area contributed by atoms with Crippen LogP contribution in [0.15, 0.2) is 6.20 Å². The molecule has 1 aromatic heterocycles. The van der Waals surface area contributed by atoms with Crippen LogP contribution in [0.5, 0.6) is 0 Å². The zero-order valence-corrected chi connectivity index (χ0v) is 9.12. The quantitative estimate of drug-likeness (QED) is 0.678. The molecule has 0 aliphatic carbocycles. The van der Waals surface area contributed by atoms with E-state index in [1.165, 1.54) is 12.8 Å². The summed E-state index contributed by atoms with van der Waals surface area (Å²) >= 11 is 0. The maximum Gasteiger partial charge on any atom is 0.303 e. The molecule has 1 aromatic rings. The van der Waals surface area contributed by atoms with Crippen molar-refractivity contribution < 1.29 is 9.90 Å². The number of carboxylic acids is 1. The lowest BCUT2D eigenvalue weighted by atomic mass is 10.2. The number of hydrogen-bond acceptors (Lipinski definition) is 2. The Hall–Kier alpha value is -1.32. The predicted molar refractivity (Wildman–Crippen MR) is 57.8 cm³/mol. The van der Waals surface area contributed by atoms with Crippen LogP contribution in [0.2, 0.25) is 0 Å². The number of hydrogen-bond donors (Lipinski definition) is 2. The average molecular weight is 210 g/mol. The summed E-state index contributed by atoms with van der Waals surface area (Å²) in [7, 11) is 0. The molecule has 15 heavy (non-hydrogen) atoms. The Morgan fingerprint density at radius 3 is 2.93 bits per heavy atom. The van der Waals surface area contributed by atoms with E-state index in [0.29, 0.717) is 6.42 Å². The summed E-state index contributed by atoms with van der Waals surface area (Å²) in [6.07, 6.45) is 6.96. The van der Waals surface area contributed by atoms with Crippen molar-refractivity contribution in [3.8, 4) is 0 Å². The van der Waals surface area contributed by atoms with Gasteiger partial charge in [0.2, 0.25) is 0 Å². The van der Waals surface area contributed by atoms with Gasteiger partial charge >= 0.3 is 5.97 Å². The third-order valence-corrected chi connectivity index (χ3v) is 2.31. The highest BCUT2D eigenvalue weighted by atomic mass is 16.4. The van der Waals surface area contributed by atoms with E-state index in [-0.39, 0.29) is 6.42 Å². The summed E-state index contributed by atoms with van der Waals surface area (Å²) in [6, 6.07) is 0. The molecule has 1 heterocycles. The zero-order chi connectivity index (χ0) is 11.1. The van der Waals surface area contributed by atoms with Gasteiger partial charge in [-0.2, -0.15) is 0 Å². The molecule has 0 saturated heterocycles. The van der Waals surface area contributed by atoms with Crippen LogP contribution in [0.3, 0.4) is 0 Å². The van der Waals surface area contributed by atoms with Gasteiger partial charge in [-0.1, -0.05) is 19.8 Å². The summed E-state index contributed by atoms with van der Waals surface area (Å²) in [5.41, 5.74) is 0.920. The fourth-order valence-corrected chi connectivity index (χ4v) is 1.44. The van der Waals surface area contributed by atoms with Gasteiger partial charge in [-0.3, -0.25) is 4.79 Å². The van der Waals surface area contributed by atoms with Crippen molar-refractivity contribution in [3.05, 3.63) is 17.7 Å². The first kappa shape index (κ1) is 11.8. The molecule has 4 nitrogen and oxygen atoms in total. The van der Waals surface area contributed by atoms with E-state index < -0.39 is 5.97 Å². The first-order valence-electron chi connectivity index (χ1n) is 5.47. The Morgan fingerprint density at radius 2 is 2.27 bits per heavy atom. The molecule has 0 amide bonds. The average Bonchev–Trinajstić information content (AvgIpc) is 2.63. The first-order chi connectivity index (χ1) is 7.22. The maximum atomic E-state index is 10.4. The van der Waals surface area contributed by atoms with Gasteiger partial charge in [-0.15, -0.1) is 0 Å². The predicted octanol–water partition coefficient (Wildman–Crippen LogP) is 2.16. The number of imidazole rings is 1. The minimum Gasteiger partial charge on any atom is -0.481 e. The number of aliphatic carboxylic acids is 1. The molecule has 0 aliphatic heterocycles. The molecule has 0 unspecified atom stereocenters. The van der Waals surface area contributed by atoms with Crippen LogP contribution in [0.4, 0.5) is 0 Å². The minimum absolute atomic E-state index is 0.163. The number of nitrogens with zero attached hydrogens (tertiary/aromatic N) is 1. The minimum atomic E-state index is -0.767. The Labute approximate surface area is 89.7 Å². The van der Waals surface area contributed by atoms with Crippen LogP contribution >= 0.6 is 0 Å². The van der Waals surface area contributed by atoms with Crippen molar-refractivity contribution in [2.45, 2.75) is 45.4 Å². The molecule has 0 atom stereocenters. The molecule has 0 radical (unpaired) electrons. The second-order valence-corrected chi connectivity index (χ2v) is 3.71. The summed E-state index contributed by atoms with van der Waals surface area (Å²) in [6.45, 7) is 2.17. The van der Waals surface area contributed by atoms with Crippen molar-refractivity contribution in [2.75, 3.05) is 0 Å². The summed E-state index contributed by atoms with van der Waals surface area (Å²) in [5.74, 6) is 0.209. The van der Waals surface area contributed by atoms with E-state index in [1.807, 2.05) is 0 Å². The maximum absolute atomic E-state index is 10.4. The van der Waals surface area contributed by atoms with Crippen molar-refractivity contribution in [3.63, 3.8) is 0 Å². The van der Waals surface area contributed by atoms with E-state index in [0.717, 1.165) is 24.4 Å². The van der Waals surface area contributed by atoms with Crippen LogP contribution in [0.1, 0.15) is 44.1 Å². The Kier molecular flexibility index (Phi) is 4.87. The molecular weight excluding hydrogens is 192 g/mol. The van der Waals surface area contributed by atoms with Gasteiger partial charge in [0.15, 0.2) is 0 Å². The monoisotopic (exact) mass is 210 g/mol. The van der Waals surface area contributed by atoms with Crippen LogP contribution in [-0.4, -0.2) is 21.0 Å². The van der Waals surface area contributed by atoms with Gasteiger partial charge in [0.25, 0.3) is 0 Å². The summed E-state index contributed by atoms with van der Waals surface area (Å²) < 4.78 is 0. The molecular formula is C11H18N2O2. The highest BCUT2D eigenvalue weighted by Gasteiger charge is 2.03. The molecule has 0 bridgehead atoms. The number of nitrogens with one attached hydrogen (secondary N) is 1. The van der Waals surface area contributed by atoms with Gasteiger partial charge in [0.05, 0.1) is 6.42 Å². The lowest BCUT2D eigenvalue weighted by Gasteiger charge is -1.95. The number of H-pyrrole nitrogens is 1. The molecule has 0 aliphatic rings. The third kappa shape index (κ3) is 4.63. The smallest absolute Gasteiger partial charge is 0.303 e. The number of carbonyl (C=O) groups is 1. The van der Waals surface area contributed by atoms with E-state index >= 15 is 0 Å². The number of rotatable bonds is 7. The number of aromatic nitrogens is 2. The molecule has 4 heteroatoms. The topological polar surface area (TPSA) is 66.0 Å². The standard InChI is InChI=1S/C11H18N2O2/c1-2-3-4-5-10-12-8-9(13-10)6-7-11(14)15/h8H,2-7H2,1H3,(H,12,13)(H,14,15). The molecule has 2 N–H and O–H groups in total. The lowest BCUT2D eigenvalue weighted by molar-refractivity contribution is -0.136. The molecule has 0 saturated carbocycles. The largest absolute Gasteiger partial charge is 0.481 e. The van der Waals surface area contributed by atoms with Crippen LogP contribution in [0, 0.1) is 0 Å². The van der Waals surface area contributed by atoms with E-state index in [4.69, 9.17) is 5.11 Å². The van der Waals surface area contributed by atoms with Gasteiger partial charge in [-0.05, 0) is 12.8 Å². The van der Waals surface area contributed by atoms with Gasteiger partial charge < -0.3 is 10.1 Å². The number of aryl methyl sites for hydroxylation is 2. The van der Waals surface area contributed by atoms with E-state index in [1.54, 1.807) is 6.20 Å². The summed E-state index contributed by atoms with van der Waals surface area (Å²) in [5, 5.41) is 8.52. The molecule has 0 aromatic carbocycles. The number of carboxylic acid groups (broad SMARTS) is 1. The first-order valence-corrected chi connectivity index (χ1v) is 5.47. The highest BCUT2D eigenvalue weighted by Crippen LogP contribution is 2.05. The van der Waals surface area contributed by atoms with Crippen LogP contribution in [-0.2, 0) is 17.6 Å². The van der Waals surface area contributed by atoms with Gasteiger partial charge in [0, 0.05) is 18.3 Å². The number of aromatic amines is 1. The SMILES string of the molecule is CCCCCc1ncc(CCC(=O)O)[nH]1. The molecule has 0 fully saturated rings. The Balaban J connectivity index is 2.32. The van der Waals surface area contributed by atoms with Crippen molar-refractivity contribution in [1.29, 1.82) is 0 Å². The van der Waals surface area contributed by atoms with E-state index in [2.05, 4.69) is 16.9 Å². The molecule has 84 valence electrons. The van der Waals surface area contributed by atoms with Crippen molar-refractivity contribution >= 4 is 5.97 Å². The van der Waals surface area contributed by atoms with Crippen LogP contribution < -0.4 is 0 Å². The second kappa shape index (κ2) is 6.22. The fraction of sp³-hybridized carbons (Fsp3) is 0.636. The third-order valence-electron chi connectivity index (χ3n) is 2.31. The van der Waals surface area contributed by atoms with E-state index in [9.17, 15) is 4.79 Å². The van der Waals surface area contributed by atoms with Gasteiger partial charge in [0.1, 0.15) is 5.82 Å². The fourth-order valence-electron chi connectivity index (χ4n) is 1.44. The van der Waals surface area contributed by atoms with Crippen LogP contribution in [0.25, 0.3) is 0 Å². The zero-order valence-electron chi connectivity index (χ0n) is 9.12. The lowest BCUT2D eigenvalue weighted by Crippen LogP contribution is -1.97. The Bertz CT molecular complexity index is 307. The van der Waals surface area contributed by atoms with Gasteiger partial charge in [-0.25, -0.2) is 4.98 Å².